The summed E-state index contributed by atoms with van der Waals surface area (Å²) in [6.07, 6.45) is 0. The summed E-state index contributed by atoms with van der Waals surface area (Å²) >= 11 is 5.88. The molecule has 0 bridgehead atoms. The maximum absolute atomic E-state index is 13.1. The number of halogens is 2. The molecule has 0 fully saturated rings. The molecule has 0 radical (unpaired) electrons. The molecule has 8 heteroatoms. The Labute approximate surface area is 152 Å². The Morgan fingerprint density at radius 3 is 2.58 bits per heavy atom. The Morgan fingerprint density at radius 2 is 1.88 bits per heavy atom. The molecule has 1 N–H and O–H groups in total. The Balaban J connectivity index is 1.99. The summed E-state index contributed by atoms with van der Waals surface area (Å²) in [5, 5.41) is 2.85. The van der Waals surface area contributed by atoms with Gasteiger partial charge >= 0.3 is 5.69 Å². The first-order chi connectivity index (χ1) is 12.4. The molecule has 134 valence electrons. The molecule has 26 heavy (non-hydrogen) atoms. The minimum atomic E-state index is -0.615. The van der Waals surface area contributed by atoms with Crippen LogP contribution in [0.15, 0.2) is 52.1 Å². The number of rotatable bonds is 4. The van der Waals surface area contributed by atoms with Crippen molar-refractivity contribution in [2.75, 3.05) is 5.32 Å². The zero-order valence-electron chi connectivity index (χ0n) is 13.8. The van der Waals surface area contributed by atoms with Gasteiger partial charge in [0.05, 0.1) is 21.6 Å². The van der Waals surface area contributed by atoms with Gasteiger partial charge in [0, 0.05) is 6.54 Å². The van der Waals surface area contributed by atoms with Crippen LogP contribution in [-0.4, -0.2) is 15.0 Å². The number of carbonyl (C=O) groups excluding carboxylic acids is 1. The molecule has 0 aliphatic heterocycles. The van der Waals surface area contributed by atoms with Crippen LogP contribution in [0, 0.1) is 5.82 Å². The normalized spacial score (nSPS) is 10.9. The lowest BCUT2D eigenvalue weighted by Crippen LogP contribution is -2.42. The van der Waals surface area contributed by atoms with Crippen molar-refractivity contribution in [1.29, 1.82) is 0 Å². The summed E-state index contributed by atoms with van der Waals surface area (Å²) in [6.45, 7) is 1.66. The van der Waals surface area contributed by atoms with Crippen molar-refractivity contribution >= 4 is 34.1 Å². The van der Waals surface area contributed by atoms with E-state index in [1.165, 1.54) is 10.6 Å². The van der Waals surface area contributed by atoms with Gasteiger partial charge in [0.15, 0.2) is 0 Å². The molecule has 1 amide bonds. The molecule has 0 aliphatic rings. The molecule has 6 nitrogen and oxygen atoms in total. The molecular weight excluding hydrogens is 361 g/mol. The number of amides is 1. The zero-order valence-corrected chi connectivity index (χ0v) is 14.6. The third-order valence-electron chi connectivity index (χ3n) is 3.96. The molecule has 0 spiro atoms. The van der Waals surface area contributed by atoms with Crippen LogP contribution in [-0.2, 0) is 17.9 Å². The fourth-order valence-electron chi connectivity index (χ4n) is 2.74. The number of aromatic nitrogens is 2. The third kappa shape index (κ3) is 3.25. The van der Waals surface area contributed by atoms with Crippen LogP contribution in [0.4, 0.5) is 10.1 Å². The van der Waals surface area contributed by atoms with Crippen LogP contribution in [0.5, 0.6) is 0 Å². The molecule has 0 aliphatic carbocycles. The first kappa shape index (κ1) is 17.9. The Kier molecular flexibility index (Phi) is 4.90. The average Bonchev–Trinajstić information content (AvgIpc) is 2.61. The second-order valence-electron chi connectivity index (χ2n) is 5.61. The van der Waals surface area contributed by atoms with E-state index in [0.717, 1.165) is 16.7 Å². The fourth-order valence-corrected chi connectivity index (χ4v) is 2.95. The van der Waals surface area contributed by atoms with Gasteiger partial charge in [-0.15, -0.1) is 0 Å². The van der Waals surface area contributed by atoms with E-state index >= 15 is 0 Å². The predicted octanol–water partition coefficient (Wildman–Crippen LogP) is 2.61. The van der Waals surface area contributed by atoms with Crippen LogP contribution in [0.1, 0.15) is 6.92 Å². The Morgan fingerprint density at radius 1 is 1.15 bits per heavy atom. The van der Waals surface area contributed by atoms with Crippen molar-refractivity contribution < 1.29 is 9.18 Å². The number of hydrogen-bond donors (Lipinski definition) is 1. The molecule has 0 saturated carbocycles. The van der Waals surface area contributed by atoms with Crippen LogP contribution in [0.2, 0.25) is 5.02 Å². The number of hydrogen-bond acceptors (Lipinski definition) is 3. The number of benzene rings is 2. The summed E-state index contributed by atoms with van der Waals surface area (Å²) in [6, 6.07) is 10.2. The first-order valence-corrected chi connectivity index (χ1v) is 8.27. The zero-order chi connectivity index (χ0) is 18.8. The first-order valence-electron chi connectivity index (χ1n) is 7.89. The van der Waals surface area contributed by atoms with Crippen molar-refractivity contribution in [2.45, 2.75) is 20.0 Å². The number of anilines is 1. The standard InChI is InChI=1S/C18H15ClFN3O3/c1-2-22-15-6-4-3-5-12(15)17(25)23(18(22)26)10-16(24)21-14-8-7-11(20)9-13(14)19/h3-9H,2,10H2,1H3,(H,21,24). The van der Waals surface area contributed by atoms with E-state index in [1.54, 1.807) is 31.2 Å². The Hall–Kier alpha value is -2.93. The van der Waals surface area contributed by atoms with Crippen LogP contribution in [0.25, 0.3) is 10.9 Å². The smallest absolute Gasteiger partial charge is 0.323 e. The number of fused-ring (bicyclic) bond motifs is 1. The van der Waals surface area contributed by atoms with Gasteiger partial charge in [-0.25, -0.2) is 9.18 Å². The predicted molar refractivity (Wildman–Crippen MR) is 98.2 cm³/mol. The van der Waals surface area contributed by atoms with Gasteiger partial charge in [0.25, 0.3) is 5.56 Å². The molecule has 3 rings (SSSR count). The molecule has 3 aromatic rings. The Bertz CT molecular complexity index is 1120. The number of nitrogens with one attached hydrogen (secondary N) is 1. The van der Waals surface area contributed by atoms with E-state index < -0.39 is 29.5 Å². The van der Waals surface area contributed by atoms with Gasteiger partial charge in [-0.2, -0.15) is 0 Å². The molecule has 0 atom stereocenters. The van der Waals surface area contributed by atoms with E-state index in [-0.39, 0.29) is 10.7 Å². The maximum Gasteiger partial charge on any atom is 0.331 e. The lowest BCUT2D eigenvalue weighted by Gasteiger charge is -2.13. The number of para-hydroxylation sites is 1. The second-order valence-corrected chi connectivity index (χ2v) is 6.01. The highest BCUT2D eigenvalue weighted by Gasteiger charge is 2.15. The van der Waals surface area contributed by atoms with E-state index in [9.17, 15) is 18.8 Å². The van der Waals surface area contributed by atoms with Crippen LogP contribution < -0.4 is 16.6 Å². The lowest BCUT2D eigenvalue weighted by molar-refractivity contribution is -0.116. The maximum atomic E-state index is 13.1. The largest absolute Gasteiger partial charge is 0.331 e. The van der Waals surface area contributed by atoms with Crippen molar-refractivity contribution in [1.82, 2.24) is 9.13 Å². The highest BCUT2D eigenvalue weighted by Crippen LogP contribution is 2.22. The van der Waals surface area contributed by atoms with Gasteiger partial charge in [-0.05, 0) is 37.3 Å². The lowest BCUT2D eigenvalue weighted by atomic mass is 10.2. The summed E-state index contributed by atoms with van der Waals surface area (Å²) in [5.41, 5.74) is -0.404. The summed E-state index contributed by atoms with van der Waals surface area (Å²) in [4.78, 5) is 37.5. The van der Waals surface area contributed by atoms with Gasteiger partial charge in [0.1, 0.15) is 12.4 Å². The molecule has 1 aromatic heterocycles. The van der Waals surface area contributed by atoms with E-state index in [0.29, 0.717) is 17.4 Å². The average molecular weight is 376 g/mol. The van der Waals surface area contributed by atoms with Crippen molar-refractivity contribution in [2.24, 2.45) is 0 Å². The molecule has 2 aromatic carbocycles. The van der Waals surface area contributed by atoms with Gasteiger partial charge in [-0.3, -0.25) is 18.7 Å². The molecule has 1 heterocycles. The monoisotopic (exact) mass is 375 g/mol. The SMILES string of the molecule is CCn1c(=O)n(CC(=O)Nc2ccc(F)cc2Cl)c(=O)c2ccccc21. The van der Waals surface area contributed by atoms with E-state index in [4.69, 9.17) is 11.6 Å². The second kappa shape index (κ2) is 7.13. The van der Waals surface area contributed by atoms with Gasteiger partial charge in [-0.1, -0.05) is 23.7 Å². The molecular formula is C18H15ClFN3O3. The van der Waals surface area contributed by atoms with Crippen LogP contribution >= 0.6 is 11.6 Å². The van der Waals surface area contributed by atoms with Gasteiger partial charge < -0.3 is 5.32 Å². The number of aryl methyl sites for hydroxylation is 1. The topological polar surface area (TPSA) is 73.1 Å². The van der Waals surface area contributed by atoms with Crippen molar-refractivity contribution in [3.05, 3.63) is 74.1 Å². The minimum absolute atomic E-state index is 0.0233. The highest BCUT2D eigenvalue weighted by atomic mass is 35.5. The van der Waals surface area contributed by atoms with E-state index in [2.05, 4.69) is 5.32 Å². The molecule has 0 saturated heterocycles. The summed E-state index contributed by atoms with van der Waals surface area (Å²) in [7, 11) is 0. The van der Waals surface area contributed by atoms with Crippen LogP contribution in [0.3, 0.4) is 0 Å². The van der Waals surface area contributed by atoms with Gasteiger partial charge in [0.2, 0.25) is 5.91 Å². The third-order valence-corrected chi connectivity index (χ3v) is 4.27. The van der Waals surface area contributed by atoms with Crippen molar-refractivity contribution in [3.8, 4) is 0 Å². The molecule has 0 unspecified atom stereocenters. The number of nitrogens with zero attached hydrogens (tertiary/aromatic N) is 2. The van der Waals surface area contributed by atoms with Crippen molar-refractivity contribution in [3.63, 3.8) is 0 Å². The minimum Gasteiger partial charge on any atom is -0.323 e. The quantitative estimate of drug-likeness (QED) is 0.761. The fraction of sp³-hybridized carbons (Fsp3) is 0.167. The highest BCUT2D eigenvalue weighted by molar-refractivity contribution is 6.33. The number of carbonyl (C=O) groups is 1. The summed E-state index contributed by atoms with van der Waals surface area (Å²) < 4.78 is 15.4. The van der Waals surface area contributed by atoms with E-state index in [1.807, 2.05) is 0 Å². The summed E-state index contributed by atoms with van der Waals surface area (Å²) in [5.74, 6) is -1.15.